The predicted octanol–water partition coefficient (Wildman–Crippen LogP) is 2.28. The van der Waals surface area contributed by atoms with Gasteiger partial charge in [-0.2, -0.15) is 0 Å². The molecule has 0 aliphatic carbocycles. The molecule has 0 saturated carbocycles. The number of likely N-dealkylation sites (tertiary alicyclic amines) is 1. The van der Waals surface area contributed by atoms with Crippen LogP contribution in [0.4, 0.5) is 14.9 Å². The predicted molar refractivity (Wildman–Crippen MR) is 84.9 cm³/mol. The van der Waals surface area contributed by atoms with Gasteiger partial charge < -0.3 is 20.6 Å². The van der Waals surface area contributed by atoms with Gasteiger partial charge in [-0.15, -0.1) is 0 Å². The Hall–Kier alpha value is -2.31. The van der Waals surface area contributed by atoms with E-state index in [-0.39, 0.29) is 24.3 Å². The van der Waals surface area contributed by atoms with Crippen LogP contribution in [0.5, 0.6) is 0 Å². The highest BCUT2D eigenvalue weighted by atomic mass is 19.1. The van der Waals surface area contributed by atoms with E-state index in [4.69, 9.17) is 5.11 Å². The van der Waals surface area contributed by atoms with Crippen molar-refractivity contribution in [1.29, 1.82) is 0 Å². The highest BCUT2D eigenvalue weighted by Crippen LogP contribution is 2.17. The van der Waals surface area contributed by atoms with Crippen LogP contribution in [0.1, 0.15) is 25.7 Å². The van der Waals surface area contributed by atoms with Crippen molar-refractivity contribution in [2.75, 3.05) is 25.0 Å². The number of carbonyl (C=O) groups excluding carboxylic acids is 1. The van der Waals surface area contributed by atoms with Crippen LogP contribution in [0.15, 0.2) is 24.3 Å². The number of nitrogens with zero attached hydrogens (tertiary/aromatic N) is 1. The Balaban J connectivity index is 1.67. The summed E-state index contributed by atoms with van der Waals surface area (Å²) in [5.41, 5.74) is 0.878. The van der Waals surface area contributed by atoms with Crippen LogP contribution in [-0.2, 0) is 4.79 Å². The molecule has 0 aromatic heterocycles. The van der Waals surface area contributed by atoms with Crippen molar-refractivity contribution in [2.45, 2.75) is 31.7 Å². The first-order valence-electron chi connectivity index (χ1n) is 7.81. The molecule has 1 aliphatic rings. The fourth-order valence-electron chi connectivity index (χ4n) is 2.56. The number of hydrogen-bond acceptors (Lipinski definition) is 3. The summed E-state index contributed by atoms with van der Waals surface area (Å²) in [5.74, 6) is -1.11. The van der Waals surface area contributed by atoms with Crippen molar-refractivity contribution in [3.05, 3.63) is 30.1 Å². The van der Waals surface area contributed by atoms with Gasteiger partial charge in [0.05, 0.1) is 0 Å². The number of rotatable bonds is 6. The third-order valence-electron chi connectivity index (χ3n) is 3.84. The molecule has 0 unspecified atom stereocenters. The lowest BCUT2D eigenvalue weighted by atomic mass is 10.0. The van der Waals surface area contributed by atoms with E-state index in [0.29, 0.717) is 26.1 Å². The molecule has 23 heavy (non-hydrogen) atoms. The van der Waals surface area contributed by atoms with Gasteiger partial charge in [-0.3, -0.25) is 4.79 Å². The second kappa shape index (κ2) is 8.36. The molecule has 3 N–H and O–H groups in total. The number of nitrogens with one attached hydrogen (secondary N) is 2. The lowest BCUT2D eigenvalue weighted by Gasteiger charge is -2.33. The molecular formula is C16H22FN3O3. The van der Waals surface area contributed by atoms with E-state index >= 15 is 0 Å². The zero-order valence-electron chi connectivity index (χ0n) is 12.9. The first-order chi connectivity index (χ1) is 11.0. The van der Waals surface area contributed by atoms with Crippen LogP contribution in [0.2, 0.25) is 0 Å². The molecule has 1 fully saturated rings. The summed E-state index contributed by atoms with van der Waals surface area (Å²) < 4.78 is 12.9. The molecule has 1 aromatic carbocycles. The topological polar surface area (TPSA) is 81.7 Å². The number of aliphatic carboxylic acids is 1. The summed E-state index contributed by atoms with van der Waals surface area (Å²) in [4.78, 5) is 24.1. The third-order valence-corrected chi connectivity index (χ3v) is 3.84. The second-order valence-electron chi connectivity index (χ2n) is 5.64. The van der Waals surface area contributed by atoms with Gasteiger partial charge >= 0.3 is 12.0 Å². The fourth-order valence-corrected chi connectivity index (χ4v) is 2.56. The minimum atomic E-state index is -0.855. The van der Waals surface area contributed by atoms with Crippen molar-refractivity contribution < 1.29 is 19.1 Å². The summed E-state index contributed by atoms with van der Waals surface area (Å²) >= 11 is 0. The Morgan fingerprint density at radius 2 is 1.87 bits per heavy atom. The van der Waals surface area contributed by atoms with E-state index in [1.165, 1.54) is 12.1 Å². The molecule has 0 spiro atoms. The van der Waals surface area contributed by atoms with Gasteiger partial charge in [0, 0.05) is 37.8 Å². The maximum absolute atomic E-state index is 12.9. The number of anilines is 1. The molecule has 7 heteroatoms. The summed E-state index contributed by atoms with van der Waals surface area (Å²) in [6.45, 7) is 1.66. The van der Waals surface area contributed by atoms with Gasteiger partial charge in [-0.05, 0) is 43.5 Å². The summed E-state index contributed by atoms with van der Waals surface area (Å²) in [6, 6.07) is 6.37. The number of benzene rings is 1. The highest BCUT2D eigenvalue weighted by Gasteiger charge is 2.22. The van der Waals surface area contributed by atoms with E-state index in [9.17, 15) is 14.0 Å². The third kappa shape index (κ3) is 5.77. The smallest absolute Gasteiger partial charge is 0.317 e. The van der Waals surface area contributed by atoms with Gasteiger partial charge in [0.2, 0.25) is 0 Å². The number of carboxylic acids is 1. The lowest BCUT2D eigenvalue weighted by molar-refractivity contribution is -0.137. The molecule has 0 bridgehead atoms. The Kier molecular flexibility index (Phi) is 6.19. The average Bonchev–Trinajstić information content (AvgIpc) is 2.54. The minimum absolute atomic E-state index is 0.0595. The molecule has 1 saturated heterocycles. The Morgan fingerprint density at radius 3 is 2.48 bits per heavy atom. The largest absolute Gasteiger partial charge is 0.481 e. The van der Waals surface area contributed by atoms with Crippen LogP contribution < -0.4 is 10.6 Å². The number of halogens is 1. The number of amides is 2. The average molecular weight is 323 g/mol. The number of carbonyl (C=O) groups is 2. The van der Waals surface area contributed by atoms with Crippen molar-refractivity contribution in [3.8, 4) is 0 Å². The Morgan fingerprint density at radius 1 is 1.22 bits per heavy atom. The molecule has 2 amide bonds. The standard InChI is InChI=1S/C16H22FN3O3/c17-12-3-5-13(6-4-12)19-14-7-10-20(11-8-14)16(23)18-9-1-2-15(21)22/h3-6,14,19H,1-2,7-11H2,(H,18,23)(H,21,22). The maximum atomic E-state index is 12.9. The quantitative estimate of drug-likeness (QED) is 0.702. The highest BCUT2D eigenvalue weighted by molar-refractivity contribution is 5.74. The molecule has 1 aliphatic heterocycles. The number of hydrogen-bond donors (Lipinski definition) is 3. The van der Waals surface area contributed by atoms with Crippen molar-refractivity contribution in [1.82, 2.24) is 10.2 Å². The molecule has 126 valence electrons. The number of urea groups is 1. The van der Waals surface area contributed by atoms with Gasteiger partial charge in [-0.1, -0.05) is 0 Å². The van der Waals surface area contributed by atoms with Crippen LogP contribution in [0, 0.1) is 5.82 Å². The molecule has 2 rings (SSSR count). The van der Waals surface area contributed by atoms with Gasteiger partial charge in [0.25, 0.3) is 0 Å². The number of piperidine rings is 1. The minimum Gasteiger partial charge on any atom is -0.481 e. The maximum Gasteiger partial charge on any atom is 0.317 e. The van der Waals surface area contributed by atoms with Crippen LogP contribution in [0.25, 0.3) is 0 Å². The Bertz CT molecular complexity index is 528. The van der Waals surface area contributed by atoms with Crippen molar-refractivity contribution in [3.63, 3.8) is 0 Å². The van der Waals surface area contributed by atoms with Crippen LogP contribution in [0.3, 0.4) is 0 Å². The number of carboxylic acid groups (broad SMARTS) is 1. The SMILES string of the molecule is O=C(O)CCCNC(=O)N1CCC(Nc2ccc(F)cc2)CC1. The molecule has 1 heterocycles. The van der Waals surface area contributed by atoms with Gasteiger partial charge in [0.1, 0.15) is 5.82 Å². The monoisotopic (exact) mass is 323 g/mol. The van der Waals surface area contributed by atoms with E-state index in [1.54, 1.807) is 17.0 Å². The molecular weight excluding hydrogens is 301 g/mol. The van der Waals surface area contributed by atoms with E-state index in [0.717, 1.165) is 18.5 Å². The van der Waals surface area contributed by atoms with Gasteiger partial charge in [-0.25, -0.2) is 9.18 Å². The lowest BCUT2D eigenvalue weighted by Crippen LogP contribution is -2.47. The molecule has 0 radical (unpaired) electrons. The van der Waals surface area contributed by atoms with E-state index in [1.807, 2.05) is 0 Å². The normalized spacial score (nSPS) is 15.3. The van der Waals surface area contributed by atoms with Gasteiger partial charge in [0.15, 0.2) is 0 Å². The zero-order chi connectivity index (χ0) is 16.7. The first kappa shape index (κ1) is 17.1. The van der Waals surface area contributed by atoms with Crippen molar-refractivity contribution >= 4 is 17.7 Å². The van der Waals surface area contributed by atoms with E-state index in [2.05, 4.69) is 10.6 Å². The van der Waals surface area contributed by atoms with Crippen molar-refractivity contribution in [2.24, 2.45) is 0 Å². The van der Waals surface area contributed by atoms with Crippen LogP contribution in [-0.4, -0.2) is 47.7 Å². The summed E-state index contributed by atoms with van der Waals surface area (Å²) in [5, 5.41) is 14.6. The molecule has 1 aromatic rings. The zero-order valence-corrected chi connectivity index (χ0v) is 12.9. The second-order valence-corrected chi connectivity index (χ2v) is 5.64. The van der Waals surface area contributed by atoms with Crippen LogP contribution >= 0.6 is 0 Å². The van der Waals surface area contributed by atoms with E-state index < -0.39 is 5.97 Å². The summed E-state index contributed by atoms with van der Waals surface area (Å²) in [7, 11) is 0. The molecule has 0 atom stereocenters. The first-order valence-corrected chi connectivity index (χ1v) is 7.81. The molecule has 6 nitrogen and oxygen atoms in total. The fraction of sp³-hybridized carbons (Fsp3) is 0.500. The Labute approximate surface area is 134 Å². The summed E-state index contributed by atoms with van der Waals surface area (Å²) in [6.07, 6.45) is 2.13.